The summed E-state index contributed by atoms with van der Waals surface area (Å²) in [5.74, 6) is 0.888. The van der Waals surface area contributed by atoms with E-state index in [1.54, 1.807) is 11.3 Å². The fraction of sp³-hybridized carbons (Fsp3) is 0.714. The highest BCUT2D eigenvalue weighted by Crippen LogP contribution is 2.27. The highest BCUT2D eigenvalue weighted by molar-refractivity contribution is 7.15. The van der Waals surface area contributed by atoms with Crippen LogP contribution in [0.4, 0.5) is 5.13 Å². The van der Waals surface area contributed by atoms with Crippen molar-refractivity contribution in [3.8, 4) is 0 Å². The number of thiazole rings is 1. The molecule has 3 nitrogen and oxygen atoms in total. The first kappa shape index (κ1) is 13.5. The number of hydrogen-bond donors (Lipinski definition) is 1. The van der Waals surface area contributed by atoms with E-state index in [2.05, 4.69) is 10.3 Å². The molecule has 0 saturated heterocycles. The van der Waals surface area contributed by atoms with Crippen LogP contribution in [0.5, 0.6) is 0 Å². The van der Waals surface area contributed by atoms with Gasteiger partial charge in [0.2, 0.25) is 5.91 Å². The summed E-state index contributed by atoms with van der Waals surface area (Å²) in [4.78, 5) is 17.3. The lowest BCUT2D eigenvalue weighted by Crippen LogP contribution is -2.14. The molecule has 0 radical (unpaired) electrons. The van der Waals surface area contributed by atoms with Crippen LogP contribution in [0.2, 0.25) is 0 Å². The number of hydrogen-bond acceptors (Lipinski definition) is 3. The minimum atomic E-state index is 0.120. The number of nitrogens with zero attached hydrogens (tertiary/aromatic N) is 1. The van der Waals surface area contributed by atoms with Crippen LogP contribution in [0.3, 0.4) is 0 Å². The number of aryl methyl sites for hydroxylation is 2. The van der Waals surface area contributed by atoms with E-state index in [1.165, 1.54) is 37.0 Å². The van der Waals surface area contributed by atoms with Crippen molar-refractivity contribution in [3.63, 3.8) is 0 Å². The molecule has 0 aromatic carbocycles. The molecule has 18 heavy (non-hydrogen) atoms. The molecule has 2 rings (SSSR count). The Hall–Kier alpha value is -0.900. The molecule has 1 aromatic heterocycles. The van der Waals surface area contributed by atoms with E-state index in [9.17, 15) is 4.79 Å². The second-order valence-electron chi connectivity index (χ2n) is 5.25. The van der Waals surface area contributed by atoms with Crippen molar-refractivity contribution in [2.24, 2.45) is 5.92 Å². The van der Waals surface area contributed by atoms with Crippen molar-refractivity contribution >= 4 is 22.4 Å². The molecule has 0 atom stereocenters. The first-order valence-corrected chi connectivity index (χ1v) is 7.70. The second-order valence-corrected chi connectivity index (χ2v) is 6.45. The van der Waals surface area contributed by atoms with Crippen molar-refractivity contribution in [1.29, 1.82) is 0 Å². The van der Waals surface area contributed by atoms with E-state index < -0.39 is 0 Å². The molecule has 1 heterocycles. The van der Waals surface area contributed by atoms with Gasteiger partial charge in [0.05, 0.1) is 5.69 Å². The van der Waals surface area contributed by atoms with Gasteiger partial charge in [-0.1, -0.05) is 32.1 Å². The Morgan fingerprint density at radius 3 is 2.67 bits per heavy atom. The largest absolute Gasteiger partial charge is 0.302 e. The van der Waals surface area contributed by atoms with Crippen molar-refractivity contribution in [2.45, 2.75) is 58.8 Å². The standard InChI is InChI=1S/C14H22N2OS/c1-10-11(2)18-14(15-10)16-13(17)9-8-12-6-4-3-5-7-12/h12H,3-9H2,1-2H3,(H,15,16,17). The number of anilines is 1. The van der Waals surface area contributed by atoms with Gasteiger partial charge in [-0.2, -0.15) is 0 Å². The molecule has 1 N–H and O–H groups in total. The van der Waals surface area contributed by atoms with Crippen LogP contribution in [0.15, 0.2) is 0 Å². The first-order valence-electron chi connectivity index (χ1n) is 6.89. The van der Waals surface area contributed by atoms with Gasteiger partial charge in [-0.15, -0.1) is 11.3 Å². The van der Waals surface area contributed by atoms with Crippen LogP contribution in [0.25, 0.3) is 0 Å². The Balaban J connectivity index is 1.74. The van der Waals surface area contributed by atoms with Crippen LogP contribution < -0.4 is 5.32 Å². The molecule has 1 aromatic rings. The molecule has 0 bridgehead atoms. The van der Waals surface area contributed by atoms with Crippen LogP contribution >= 0.6 is 11.3 Å². The average Bonchev–Trinajstić information content (AvgIpc) is 2.67. The molecule has 100 valence electrons. The monoisotopic (exact) mass is 266 g/mol. The van der Waals surface area contributed by atoms with Crippen LogP contribution in [-0.2, 0) is 4.79 Å². The highest BCUT2D eigenvalue weighted by Gasteiger charge is 2.15. The normalized spacial score (nSPS) is 16.8. The third-order valence-electron chi connectivity index (χ3n) is 3.78. The fourth-order valence-corrected chi connectivity index (χ4v) is 3.35. The number of aromatic nitrogens is 1. The molecule has 4 heteroatoms. The van der Waals surface area contributed by atoms with Crippen molar-refractivity contribution < 1.29 is 4.79 Å². The lowest BCUT2D eigenvalue weighted by Gasteiger charge is -2.20. The Morgan fingerprint density at radius 1 is 1.33 bits per heavy atom. The van der Waals surface area contributed by atoms with Crippen LogP contribution in [0, 0.1) is 19.8 Å². The van der Waals surface area contributed by atoms with Gasteiger partial charge >= 0.3 is 0 Å². The highest BCUT2D eigenvalue weighted by atomic mass is 32.1. The molecular weight excluding hydrogens is 244 g/mol. The smallest absolute Gasteiger partial charge is 0.226 e. The number of carbonyl (C=O) groups excluding carboxylic acids is 1. The van der Waals surface area contributed by atoms with E-state index in [-0.39, 0.29) is 5.91 Å². The van der Waals surface area contributed by atoms with Crippen LogP contribution in [-0.4, -0.2) is 10.9 Å². The van der Waals surface area contributed by atoms with Crippen LogP contribution in [0.1, 0.15) is 55.5 Å². The van der Waals surface area contributed by atoms with Gasteiger partial charge in [0.15, 0.2) is 5.13 Å². The third kappa shape index (κ3) is 3.80. The summed E-state index contributed by atoms with van der Waals surface area (Å²) >= 11 is 1.56. The Kier molecular flexibility index (Phi) is 4.75. The van der Waals surface area contributed by atoms with E-state index in [4.69, 9.17) is 0 Å². The number of rotatable bonds is 4. The van der Waals surface area contributed by atoms with Gasteiger partial charge in [-0.3, -0.25) is 4.79 Å². The topological polar surface area (TPSA) is 42.0 Å². The molecule has 1 amide bonds. The number of carbonyl (C=O) groups is 1. The summed E-state index contributed by atoms with van der Waals surface area (Å²) in [7, 11) is 0. The maximum atomic E-state index is 11.8. The van der Waals surface area contributed by atoms with Gasteiger partial charge in [-0.25, -0.2) is 4.98 Å². The summed E-state index contributed by atoms with van der Waals surface area (Å²) in [6.07, 6.45) is 8.36. The summed E-state index contributed by atoms with van der Waals surface area (Å²) in [5.41, 5.74) is 1.02. The van der Waals surface area contributed by atoms with Crippen molar-refractivity contribution in [1.82, 2.24) is 4.98 Å². The Bertz CT molecular complexity index is 388. The summed E-state index contributed by atoms with van der Waals surface area (Å²) in [6, 6.07) is 0. The molecule has 1 fully saturated rings. The summed E-state index contributed by atoms with van der Waals surface area (Å²) in [6.45, 7) is 4.01. The third-order valence-corrected chi connectivity index (χ3v) is 4.77. The van der Waals surface area contributed by atoms with Gasteiger partial charge < -0.3 is 5.32 Å². The van der Waals surface area contributed by atoms with Crippen molar-refractivity contribution in [2.75, 3.05) is 5.32 Å². The SMILES string of the molecule is Cc1nc(NC(=O)CCC2CCCCC2)sc1C. The molecule has 0 spiro atoms. The molecule has 1 aliphatic carbocycles. The zero-order chi connectivity index (χ0) is 13.0. The molecule has 1 saturated carbocycles. The maximum Gasteiger partial charge on any atom is 0.226 e. The average molecular weight is 266 g/mol. The molecule has 0 aliphatic heterocycles. The van der Waals surface area contributed by atoms with E-state index >= 15 is 0 Å². The fourth-order valence-electron chi connectivity index (χ4n) is 2.52. The summed E-state index contributed by atoms with van der Waals surface area (Å²) in [5, 5.41) is 3.66. The minimum Gasteiger partial charge on any atom is -0.302 e. The van der Waals surface area contributed by atoms with Gasteiger partial charge in [0.25, 0.3) is 0 Å². The van der Waals surface area contributed by atoms with Gasteiger partial charge in [-0.05, 0) is 26.2 Å². The quantitative estimate of drug-likeness (QED) is 0.893. The second kappa shape index (κ2) is 6.32. The Labute approximate surface area is 113 Å². The maximum absolute atomic E-state index is 11.8. The number of nitrogens with one attached hydrogen (secondary N) is 1. The lowest BCUT2D eigenvalue weighted by atomic mass is 9.86. The van der Waals surface area contributed by atoms with Gasteiger partial charge in [0, 0.05) is 11.3 Å². The predicted molar refractivity (Wildman–Crippen MR) is 76.0 cm³/mol. The van der Waals surface area contributed by atoms with E-state index in [1.807, 2.05) is 13.8 Å². The number of amides is 1. The zero-order valence-electron chi connectivity index (χ0n) is 11.3. The van der Waals surface area contributed by atoms with E-state index in [0.717, 1.165) is 23.2 Å². The molecule has 1 aliphatic rings. The lowest BCUT2D eigenvalue weighted by molar-refractivity contribution is -0.116. The molecule has 0 unspecified atom stereocenters. The first-order chi connectivity index (χ1) is 8.65. The predicted octanol–water partition coefficient (Wildman–Crippen LogP) is 4.06. The van der Waals surface area contributed by atoms with Crippen molar-refractivity contribution in [3.05, 3.63) is 10.6 Å². The molecular formula is C14H22N2OS. The Morgan fingerprint density at radius 2 is 2.06 bits per heavy atom. The van der Waals surface area contributed by atoms with Gasteiger partial charge in [0.1, 0.15) is 0 Å². The zero-order valence-corrected chi connectivity index (χ0v) is 12.1. The summed E-state index contributed by atoms with van der Waals surface area (Å²) < 4.78 is 0. The van der Waals surface area contributed by atoms with E-state index in [0.29, 0.717) is 6.42 Å². The minimum absolute atomic E-state index is 0.120.